The minimum atomic E-state index is -1.06. The summed E-state index contributed by atoms with van der Waals surface area (Å²) in [7, 11) is 0. The third kappa shape index (κ3) is 3.20. The Hall–Kier alpha value is -0.950. The average molecular weight is 302 g/mol. The number of β-amino-alcohol motifs (C(OH)–C–C–N with tert-alkyl or cyclic N) is 1. The highest BCUT2D eigenvalue weighted by atomic mass is 32.2. The summed E-state index contributed by atoms with van der Waals surface area (Å²) in [6, 6.07) is -1.30. The first-order valence-electron chi connectivity index (χ1n) is 6.98. The van der Waals surface area contributed by atoms with Gasteiger partial charge >= 0.3 is 12.0 Å². The fourth-order valence-corrected chi connectivity index (χ4v) is 4.00. The quantitative estimate of drug-likeness (QED) is 0.717. The number of hydrogen-bond acceptors (Lipinski definition) is 4. The Kier molecular flexibility index (Phi) is 4.80. The lowest BCUT2D eigenvalue weighted by Crippen LogP contribution is -2.49. The van der Waals surface area contributed by atoms with E-state index in [4.69, 9.17) is 5.11 Å². The number of carboxylic acid groups (broad SMARTS) is 1. The van der Waals surface area contributed by atoms with Gasteiger partial charge in [0.1, 0.15) is 6.04 Å². The topological polar surface area (TPSA) is 89.9 Å². The Labute approximate surface area is 122 Å². The third-order valence-corrected chi connectivity index (χ3v) is 5.75. The molecule has 2 fully saturated rings. The van der Waals surface area contributed by atoms with E-state index >= 15 is 0 Å². The Morgan fingerprint density at radius 1 is 1.40 bits per heavy atom. The Balaban J connectivity index is 1.92. The molecule has 0 aromatic carbocycles. The smallest absolute Gasteiger partial charge is 0.326 e. The molecule has 2 atom stereocenters. The lowest BCUT2D eigenvalue weighted by Gasteiger charge is -2.29. The van der Waals surface area contributed by atoms with Crippen LogP contribution in [0.4, 0.5) is 4.79 Å². The number of nitrogens with zero attached hydrogens (tertiary/aromatic N) is 1. The SMILES string of the molecule is CSC1(CNC(=O)N2CC(O)CC2C(=O)O)CCCC1. The van der Waals surface area contributed by atoms with E-state index in [1.165, 1.54) is 17.7 Å². The molecule has 2 amide bonds. The number of urea groups is 1. The number of aliphatic carboxylic acids is 1. The lowest BCUT2D eigenvalue weighted by atomic mass is 10.1. The zero-order valence-electron chi connectivity index (χ0n) is 11.7. The summed E-state index contributed by atoms with van der Waals surface area (Å²) in [5.74, 6) is -1.06. The maximum Gasteiger partial charge on any atom is 0.326 e. The van der Waals surface area contributed by atoms with Crippen molar-refractivity contribution in [1.82, 2.24) is 10.2 Å². The van der Waals surface area contributed by atoms with E-state index in [0.29, 0.717) is 6.54 Å². The van der Waals surface area contributed by atoms with E-state index in [1.54, 1.807) is 11.8 Å². The summed E-state index contributed by atoms with van der Waals surface area (Å²) in [6.45, 7) is 0.654. The number of rotatable bonds is 4. The van der Waals surface area contributed by atoms with Crippen molar-refractivity contribution >= 4 is 23.8 Å². The summed E-state index contributed by atoms with van der Waals surface area (Å²) in [4.78, 5) is 24.5. The molecule has 114 valence electrons. The van der Waals surface area contributed by atoms with Gasteiger partial charge in [-0.25, -0.2) is 9.59 Å². The third-order valence-electron chi connectivity index (χ3n) is 4.33. The van der Waals surface area contributed by atoms with Crippen molar-refractivity contribution in [3.05, 3.63) is 0 Å². The molecule has 2 rings (SSSR count). The number of carboxylic acids is 1. The number of likely N-dealkylation sites (tertiary alicyclic amines) is 1. The highest BCUT2D eigenvalue weighted by Gasteiger charge is 2.40. The molecule has 7 heteroatoms. The summed E-state index contributed by atoms with van der Waals surface area (Å²) in [5, 5.41) is 21.5. The van der Waals surface area contributed by atoms with E-state index < -0.39 is 18.1 Å². The normalized spacial score (nSPS) is 28.6. The molecule has 1 saturated carbocycles. The molecule has 1 aliphatic carbocycles. The molecule has 2 unspecified atom stereocenters. The van der Waals surface area contributed by atoms with Gasteiger partial charge in [0.05, 0.1) is 6.10 Å². The van der Waals surface area contributed by atoms with Crippen molar-refractivity contribution in [3.63, 3.8) is 0 Å². The van der Waals surface area contributed by atoms with Gasteiger partial charge in [0.15, 0.2) is 0 Å². The molecule has 6 nitrogen and oxygen atoms in total. The van der Waals surface area contributed by atoms with Crippen molar-refractivity contribution in [2.24, 2.45) is 0 Å². The number of nitrogens with one attached hydrogen (secondary N) is 1. The molecule has 0 aromatic rings. The first kappa shape index (κ1) is 15.4. The maximum absolute atomic E-state index is 12.2. The van der Waals surface area contributed by atoms with E-state index in [2.05, 4.69) is 11.6 Å². The van der Waals surface area contributed by atoms with Crippen molar-refractivity contribution in [2.45, 2.75) is 49.0 Å². The van der Waals surface area contributed by atoms with Crippen LogP contribution in [0.3, 0.4) is 0 Å². The molecule has 1 aliphatic heterocycles. The molecule has 1 heterocycles. The van der Waals surface area contributed by atoms with Crippen molar-refractivity contribution in [1.29, 1.82) is 0 Å². The largest absolute Gasteiger partial charge is 0.480 e. The molecule has 0 radical (unpaired) electrons. The van der Waals surface area contributed by atoms with Crippen molar-refractivity contribution < 1.29 is 19.8 Å². The summed E-state index contributed by atoms with van der Waals surface area (Å²) in [6.07, 6.45) is 5.93. The van der Waals surface area contributed by atoms with E-state index in [1.807, 2.05) is 0 Å². The zero-order chi connectivity index (χ0) is 14.8. The minimum absolute atomic E-state index is 0.0900. The highest BCUT2D eigenvalue weighted by Crippen LogP contribution is 2.39. The van der Waals surface area contributed by atoms with Gasteiger partial charge in [-0.1, -0.05) is 12.8 Å². The second kappa shape index (κ2) is 6.22. The second-order valence-electron chi connectivity index (χ2n) is 5.65. The number of thioether (sulfide) groups is 1. The Morgan fingerprint density at radius 3 is 2.60 bits per heavy atom. The molecule has 2 aliphatic rings. The van der Waals surface area contributed by atoms with Gasteiger partial charge in [0.25, 0.3) is 0 Å². The van der Waals surface area contributed by atoms with E-state index in [9.17, 15) is 14.7 Å². The van der Waals surface area contributed by atoms with Gasteiger partial charge in [0.2, 0.25) is 0 Å². The summed E-state index contributed by atoms with van der Waals surface area (Å²) < 4.78 is 0.0900. The number of carbonyl (C=O) groups excluding carboxylic acids is 1. The number of amides is 2. The summed E-state index contributed by atoms with van der Waals surface area (Å²) >= 11 is 1.77. The fourth-order valence-electron chi connectivity index (χ4n) is 3.08. The van der Waals surface area contributed by atoms with Crippen LogP contribution < -0.4 is 5.32 Å². The van der Waals surface area contributed by atoms with Gasteiger partial charge in [-0.05, 0) is 19.1 Å². The van der Waals surface area contributed by atoms with E-state index in [0.717, 1.165) is 12.8 Å². The van der Waals surface area contributed by atoms with Gasteiger partial charge < -0.3 is 20.4 Å². The molecular weight excluding hydrogens is 280 g/mol. The second-order valence-corrected chi connectivity index (χ2v) is 6.92. The highest BCUT2D eigenvalue weighted by molar-refractivity contribution is 8.00. The van der Waals surface area contributed by atoms with Crippen LogP contribution in [0.5, 0.6) is 0 Å². The van der Waals surface area contributed by atoms with Gasteiger partial charge in [0, 0.05) is 24.3 Å². The summed E-state index contributed by atoms with van der Waals surface area (Å²) in [5.41, 5.74) is 0. The molecule has 0 aromatic heterocycles. The van der Waals surface area contributed by atoms with Crippen LogP contribution in [0.2, 0.25) is 0 Å². The first-order chi connectivity index (χ1) is 9.47. The Morgan fingerprint density at radius 2 is 2.05 bits per heavy atom. The lowest BCUT2D eigenvalue weighted by molar-refractivity contribution is -0.141. The molecule has 0 bridgehead atoms. The number of carbonyl (C=O) groups is 2. The number of hydrogen-bond donors (Lipinski definition) is 3. The zero-order valence-corrected chi connectivity index (χ0v) is 12.5. The predicted molar refractivity (Wildman–Crippen MR) is 76.9 cm³/mol. The average Bonchev–Trinajstić information content (AvgIpc) is 3.03. The van der Waals surface area contributed by atoms with E-state index in [-0.39, 0.29) is 23.7 Å². The first-order valence-corrected chi connectivity index (χ1v) is 8.20. The Bertz CT molecular complexity index is 385. The molecule has 0 spiro atoms. The van der Waals surface area contributed by atoms with Crippen LogP contribution in [0.25, 0.3) is 0 Å². The van der Waals surface area contributed by atoms with Crippen LogP contribution >= 0.6 is 11.8 Å². The fraction of sp³-hybridized carbons (Fsp3) is 0.846. The van der Waals surface area contributed by atoms with Crippen LogP contribution in [-0.2, 0) is 4.79 Å². The van der Waals surface area contributed by atoms with Crippen LogP contribution in [0, 0.1) is 0 Å². The monoisotopic (exact) mass is 302 g/mol. The molecule has 1 saturated heterocycles. The number of aliphatic hydroxyl groups excluding tert-OH is 1. The van der Waals surface area contributed by atoms with Crippen LogP contribution in [0.1, 0.15) is 32.1 Å². The minimum Gasteiger partial charge on any atom is -0.480 e. The molecule has 3 N–H and O–H groups in total. The predicted octanol–water partition coefficient (Wildman–Crippen LogP) is 0.892. The van der Waals surface area contributed by atoms with Gasteiger partial charge in [-0.2, -0.15) is 11.8 Å². The maximum atomic E-state index is 12.2. The van der Waals surface area contributed by atoms with Gasteiger partial charge in [-0.15, -0.1) is 0 Å². The molecule has 20 heavy (non-hydrogen) atoms. The van der Waals surface area contributed by atoms with Gasteiger partial charge in [-0.3, -0.25) is 0 Å². The van der Waals surface area contributed by atoms with Crippen LogP contribution in [-0.4, -0.2) is 63.4 Å². The van der Waals surface area contributed by atoms with Crippen molar-refractivity contribution in [2.75, 3.05) is 19.3 Å². The van der Waals surface area contributed by atoms with Crippen molar-refractivity contribution in [3.8, 4) is 0 Å². The number of aliphatic hydroxyl groups is 1. The standard InChI is InChI=1S/C13H22N2O4S/c1-20-13(4-2-3-5-13)8-14-12(19)15-7-9(16)6-10(15)11(17)18/h9-10,16H,2-8H2,1H3,(H,14,19)(H,17,18). The van der Waals surface area contributed by atoms with Crippen LogP contribution in [0.15, 0.2) is 0 Å². The molecular formula is C13H22N2O4S.